The highest BCUT2D eigenvalue weighted by atomic mass is 16.6. The van der Waals surface area contributed by atoms with Gasteiger partial charge in [-0.25, -0.2) is 4.79 Å². The first kappa shape index (κ1) is 42.5. The van der Waals surface area contributed by atoms with Crippen LogP contribution in [0.1, 0.15) is 158 Å². The van der Waals surface area contributed by atoms with Crippen molar-refractivity contribution in [1.82, 2.24) is 9.80 Å². The molecule has 0 radical (unpaired) electrons. The van der Waals surface area contributed by atoms with Gasteiger partial charge in [-0.2, -0.15) is 0 Å². The van der Waals surface area contributed by atoms with Gasteiger partial charge in [0.05, 0.1) is 17.0 Å². The van der Waals surface area contributed by atoms with Gasteiger partial charge in [0.15, 0.2) is 11.4 Å². The highest BCUT2D eigenvalue weighted by Gasteiger charge is 2.94. The van der Waals surface area contributed by atoms with Crippen molar-refractivity contribution >= 4 is 11.9 Å². The summed E-state index contributed by atoms with van der Waals surface area (Å²) in [7, 11) is 0. The average Bonchev–Trinajstić information content (AvgIpc) is 3.76. The molecule has 3 spiro atoms. The minimum atomic E-state index is -1.17. The number of ether oxygens (including phenoxy) is 2. The van der Waals surface area contributed by atoms with Gasteiger partial charge in [0.1, 0.15) is 11.2 Å². The number of carbonyl (C=O) groups excluding carboxylic acids is 2. The van der Waals surface area contributed by atoms with E-state index in [9.17, 15) is 5.11 Å². The molecule has 9 heterocycles. The fourth-order valence-corrected chi connectivity index (χ4v) is 18.3. The molecule has 1 aromatic rings. The van der Waals surface area contributed by atoms with E-state index in [0.717, 1.165) is 88.5 Å². The van der Waals surface area contributed by atoms with E-state index in [0.29, 0.717) is 78.7 Å². The Hall–Kier alpha value is -3.62. The summed E-state index contributed by atoms with van der Waals surface area (Å²) < 4.78 is 14.4. The lowest BCUT2D eigenvalue weighted by Gasteiger charge is -2.73. The number of hydrogen-bond donors (Lipinski definition) is 2. The molecule has 13 atom stereocenters. The maximum atomic E-state index is 16.3. The Bertz CT molecular complexity index is 2440. The predicted octanol–water partition coefficient (Wildman–Crippen LogP) is 11.0. The van der Waals surface area contributed by atoms with Crippen LogP contribution in [-0.4, -0.2) is 65.1 Å². The topological polar surface area (TPSA) is 105 Å². The number of fused-ring (bicyclic) bond motifs is 3. The highest BCUT2D eigenvalue weighted by Crippen LogP contribution is 2.88. The Morgan fingerprint density at radius 3 is 2.70 bits per heavy atom. The quantitative estimate of drug-likeness (QED) is 0.249. The summed E-state index contributed by atoms with van der Waals surface area (Å²) >= 11 is 0. The first-order valence-corrected chi connectivity index (χ1v) is 27.0. The van der Waals surface area contributed by atoms with Crippen LogP contribution >= 0.6 is 0 Å². The molecular formula is C58H75N3O5. The van der Waals surface area contributed by atoms with Crippen LogP contribution in [0.25, 0.3) is 0 Å². The van der Waals surface area contributed by atoms with Crippen LogP contribution in [0.4, 0.5) is 0 Å². The van der Waals surface area contributed by atoms with Crippen LogP contribution in [0.5, 0.6) is 0 Å². The van der Waals surface area contributed by atoms with E-state index in [1.165, 1.54) is 60.8 Å². The second-order valence-electron chi connectivity index (χ2n) is 24.9. The summed E-state index contributed by atoms with van der Waals surface area (Å²) in [6, 6.07) is 6.85. The Kier molecular flexibility index (Phi) is 9.62. The fraction of sp³-hybridized carbons (Fsp3) is 0.690. The number of hydrogen-bond acceptors (Lipinski definition) is 8. The van der Waals surface area contributed by atoms with E-state index < -0.39 is 16.4 Å². The van der Waals surface area contributed by atoms with E-state index >= 15 is 9.59 Å². The molecule has 3 saturated heterocycles. The van der Waals surface area contributed by atoms with E-state index in [1.807, 2.05) is 0 Å². The molecule has 3 N–H and O–H groups in total. The molecule has 8 heteroatoms. The zero-order chi connectivity index (χ0) is 45.1. The van der Waals surface area contributed by atoms with Gasteiger partial charge in [0, 0.05) is 55.2 Å². The van der Waals surface area contributed by atoms with Gasteiger partial charge in [-0.3, -0.25) is 9.69 Å². The van der Waals surface area contributed by atoms with E-state index in [-0.39, 0.29) is 41.0 Å². The third kappa shape index (κ3) is 5.46. The molecule has 6 fully saturated rings. The van der Waals surface area contributed by atoms with Crippen molar-refractivity contribution < 1.29 is 24.2 Å². The number of carbonyl (C=O) groups is 2. The molecule has 13 unspecified atom stereocenters. The molecule has 3 saturated carbocycles. The average molecular weight is 894 g/mol. The Morgan fingerprint density at radius 1 is 1.03 bits per heavy atom. The molecule has 9 aliphatic heterocycles. The lowest BCUT2D eigenvalue weighted by molar-refractivity contribution is -0.283. The molecule has 8 nitrogen and oxygen atoms in total. The molecule has 15 aliphatic rings. The molecule has 352 valence electrons. The number of aryl methyl sites for hydroxylation is 1. The first-order valence-electron chi connectivity index (χ1n) is 27.0. The van der Waals surface area contributed by atoms with E-state index in [1.54, 1.807) is 5.70 Å². The Labute approximate surface area is 393 Å². The van der Waals surface area contributed by atoms with Crippen molar-refractivity contribution in [2.45, 2.75) is 161 Å². The summed E-state index contributed by atoms with van der Waals surface area (Å²) in [6.07, 6.45) is 25.8. The van der Waals surface area contributed by atoms with Gasteiger partial charge >= 0.3 is 11.9 Å². The van der Waals surface area contributed by atoms with Gasteiger partial charge in [0.2, 0.25) is 0 Å². The summed E-state index contributed by atoms with van der Waals surface area (Å²) in [6.45, 7) is 13.3. The minimum Gasteiger partial charge on any atom is -0.509 e. The second kappa shape index (κ2) is 14.9. The number of aliphatic hydroxyl groups excluding tert-OH is 1. The Balaban J connectivity index is 1.10. The summed E-state index contributed by atoms with van der Waals surface area (Å²) in [5, 5.41) is 13.4. The number of nitrogens with zero attached hydrogens (tertiary/aromatic N) is 2. The van der Waals surface area contributed by atoms with Crippen LogP contribution in [0.3, 0.4) is 0 Å². The van der Waals surface area contributed by atoms with Crippen LogP contribution in [0.2, 0.25) is 0 Å². The zero-order valence-electron chi connectivity index (χ0n) is 40.3. The molecular weight excluding hydrogens is 819 g/mol. The van der Waals surface area contributed by atoms with Crippen LogP contribution < -0.4 is 5.73 Å². The van der Waals surface area contributed by atoms with Crippen molar-refractivity contribution in [2.24, 2.45) is 69.3 Å². The van der Waals surface area contributed by atoms with E-state index in [2.05, 4.69) is 73.9 Å². The third-order valence-corrected chi connectivity index (χ3v) is 20.9. The number of aliphatic hydroxyl groups is 1. The maximum absolute atomic E-state index is 16.3. The van der Waals surface area contributed by atoms with Gasteiger partial charge in [-0.05, 0) is 140 Å². The van der Waals surface area contributed by atoms with Crippen molar-refractivity contribution in [2.75, 3.05) is 26.2 Å². The SMILES string of the molecule is CC(C)CCC1(C)CCC2=CC3C(C)CC4=C5C3C3=C2C26C(=O)OC(=C(O)CC(CC7CCCCC7)N7CC8CC(C7)C(C=C4)N5C8)C2(CC3)C2(OC(=O)c3c(CCCN)cccc32)C6C1. The lowest BCUT2D eigenvalue weighted by atomic mass is 9.27. The predicted molar refractivity (Wildman–Crippen MR) is 256 cm³/mol. The number of piperidine rings is 2. The van der Waals surface area contributed by atoms with Gasteiger partial charge in [-0.1, -0.05) is 108 Å². The summed E-state index contributed by atoms with van der Waals surface area (Å²) in [4.78, 5) is 37.1. The minimum absolute atomic E-state index is 0.110. The number of benzene rings is 1. The summed E-state index contributed by atoms with van der Waals surface area (Å²) in [5.74, 6) is 3.12. The molecule has 6 aliphatic carbocycles. The number of rotatable bonds is 8. The van der Waals surface area contributed by atoms with Crippen LogP contribution in [0, 0.1) is 63.6 Å². The lowest BCUT2D eigenvalue weighted by Crippen LogP contribution is -2.78. The van der Waals surface area contributed by atoms with Gasteiger partial charge in [-0.15, -0.1) is 0 Å². The van der Waals surface area contributed by atoms with Crippen LogP contribution in [0.15, 0.2) is 75.9 Å². The second-order valence-corrected chi connectivity index (χ2v) is 24.9. The molecule has 16 rings (SSSR count). The first-order chi connectivity index (χ1) is 31.9. The summed E-state index contributed by atoms with van der Waals surface area (Å²) in [5.41, 5.74) is 12.4. The maximum Gasteiger partial charge on any atom is 0.339 e. The smallest absolute Gasteiger partial charge is 0.339 e. The van der Waals surface area contributed by atoms with Gasteiger partial charge < -0.3 is 25.2 Å². The standard InChI is InChI=1S/C58H75N3O5/c1-33(2)17-20-55(4)21-18-38-27-43-34(3)24-39-15-16-45-40-25-36-30-60(32-40)41(26-35-10-6-5-7-11-35)28-46(62)52-56-22-19-42(49(43)51(39)61(45)31-36)50(38)57(56,54(64)65-52)47(29-55)58(56)44-14-8-12-37(13-9-23-59)48(44)53(63)66-58/h8,12,14-16,27,33-36,40-41,43,45,47,49,62H,5-7,9-11,13,17-26,28-32,59H2,1-4H3. The number of esters is 2. The third-order valence-electron chi connectivity index (χ3n) is 20.9. The molecule has 66 heavy (non-hydrogen) atoms. The molecule has 0 amide bonds. The van der Waals surface area contributed by atoms with Crippen molar-refractivity contribution in [3.05, 3.63) is 92.6 Å². The fourth-order valence-electron chi connectivity index (χ4n) is 18.3. The normalized spacial score (nSPS) is 42.7. The van der Waals surface area contributed by atoms with Crippen molar-refractivity contribution in [3.8, 4) is 0 Å². The highest BCUT2D eigenvalue weighted by molar-refractivity contribution is 6.01. The largest absolute Gasteiger partial charge is 0.509 e. The van der Waals surface area contributed by atoms with E-state index in [4.69, 9.17) is 15.2 Å². The van der Waals surface area contributed by atoms with Crippen LogP contribution in [-0.2, 0) is 26.3 Å². The number of nitrogens with two attached hydrogens (primary N) is 1. The monoisotopic (exact) mass is 894 g/mol. The number of allylic oxidation sites excluding steroid dienone is 5. The molecule has 1 aromatic carbocycles. The molecule has 12 bridgehead atoms. The van der Waals surface area contributed by atoms with Crippen molar-refractivity contribution in [1.29, 1.82) is 0 Å². The molecule has 0 aromatic heterocycles. The zero-order valence-corrected chi connectivity index (χ0v) is 40.3. The van der Waals surface area contributed by atoms with Gasteiger partial charge in [0.25, 0.3) is 0 Å². The van der Waals surface area contributed by atoms with Crippen molar-refractivity contribution in [3.63, 3.8) is 0 Å². The Morgan fingerprint density at radius 2 is 1.88 bits per heavy atom.